The average Bonchev–Trinajstić information content (AvgIpc) is 3.33. The standard InChI is InChI=1S/C21H25FN6O/c1-14-5-3-6-15(11-16(22)12-23-2)18-7-4-9-27(18)19-8-10-28-20(26-19)17(13-24-28)21(29)25-14/h8,10-14,18H,2-7,9H2,1H3,(H,25,29)/b15-11+,16-12+/t14-,18-/m1/s1. The summed E-state index contributed by atoms with van der Waals surface area (Å²) in [5, 5.41) is 7.28. The summed E-state index contributed by atoms with van der Waals surface area (Å²) in [7, 11) is 0. The Labute approximate surface area is 169 Å². The van der Waals surface area contributed by atoms with Crippen molar-refractivity contribution in [2.45, 2.75) is 51.1 Å². The van der Waals surface area contributed by atoms with Crippen molar-refractivity contribution in [2.24, 2.45) is 4.99 Å². The topological polar surface area (TPSA) is 74.9 Å². The van der Waals surface area contributed by atoms with Crippen LogP contribution >= 0.6 is 0 Å². The molecule has 2 aliphatic rings. The minimum absolute atomic E-state index is 0.00227. The second-order valence-electron chi connectivity index (χ2n) is 7.65. The second-order valence-corrected chi connectivity index (χ2v) is 7.65. The van der Waals surface area contributed by atoms with Crippen LogP contribution in [0.1, 0.15) is 49.4 Å². The number of anilines is 1. The number of aromatic nitrogens is 3. The van der Waals surface area contributed by atoms with E-state index < -0.39 is 5.83 Å². The largest absolute Gasteiger partial charge is 0.350 e. The van der Waals surface area contributed by atoms with E-state index in [2.05, 4.69) is 27.0 Å². The molecule has 152 valence electrons. The highest BCUT2D eigenvalue weighted by molar-refractivity contribution is 5.99. The lowest BCUT2D eigenvalue weighted by atomic mass is 9.96. The van der Waals surface area contributed by atoms with Crippen molar-refractivity contribution in [1.29, 1.82) is 0 Å². The summed E-state index contributed by atoms with van der Waals surface area (Å²) in [5.74, 6) is 0.212. The third kappa shape index (κ3) is 3.92. The zero-order valence-corrected chi connectivity index (χ0v) is 16.5. The van der Waals surface area contributed by atoms with Gasteiger partial charge in [0.05, 0.1) is 18.4 Å². The van der Waals surface area contributed by atoms with Gasteiger partial charge in [0.2, 0.25) is 0 Å². The van der Waals surface area contributed by atoms with Gasteiger partial charge in [-0.2, -0.15) is 5.10 Å². The fourth-order valence-electron chi connectivity index (χ4n) is 4.23. The minimum atomic E-state index is -0.394. The van der Waals surface area contributed by atoms with Crippen molar-refractivity contribution in [3.05, 3.63) is 47.7 Å². The van der Waals surface area contributed by atoms with Crippen LogP contribution in [-0.4, -0.2) is 45.9 Å². The van der Waals surface area contributed by atoms with Crippen LogP contribution in [0.15, 0.2) is 47.1 Å². The van der Waals surface area contributed by atoms with Crippen molar-refractivity contribution < 1.29 is 9.18 Å². The number of aliphatic imine (C=N–C) groups is 1. The minimum Gasteiger partial charge on any atom is -0.350 e. The normalized spacial score (nSPS) is 24.8. The lowest BCUT2D eigenvalue weighted by Gasteiger charge is -2.28. The van der Waals surface area contributed by atoms with Crippen LogP contribution in [0.4, 0.5) is 10.2 Å². The summed E-state index contributed by atoms with van der Waals surface area (Å²) >= 11 is 0. The van der Waals surface area contributed by atoms with Crippen molar-refractivity contribution >= 4 is 24.1 Å². The first-order valence-electron chi connectivity index (χ1n) is 10.0. The molecule has 0 unspecified atom stereocenters. The molecule has 2 atom stereocenters. The number of halogens is 1. The van der Waals surface area contributed by atoms with Gasteiger partial charge in [0.25, 0.3) is 5.91 Å². The zero-order chi connectivity index (χ0) is 20.4. The van der Waals surface area contributed by atoms with Gasteiger partial charge in [-0.05, 0) is 63.5 Å². The highest BCUT2D eigenvalue weighted by atomic mass is 19.1. The molecule has 2 aromatic heterocycles. The molecule has 8 heteroatoms. The maximum absolute atomic E-state index is 14.3. The lowest BCUT2D eigenvalue weighted by molar-refractivity contribution is 0.0939. The second kappa shape index (κ2) is 8.14. The van der Waals surface area contributed by atoms with Gasteiger partial charge < -0.3 is 10.2 Å². The van der Waals surface area contributed by atoms with Crippen LogP contribution in [0.2, 0.25) is 0 Å². The van der Waals surface area contributed by atoms with Crippen LogP contribution in [0, 0.1) is 0 Å². The highest BCUT2D eigenvalue weighted by Gasteiger charge is 2.30. The molecular formula is C21H25FN6O. The van der Waals surface area contributed by atoms with E-state index >= 15 is 0 Å². The number of nitrogens with zero attached hydrogens (tertiary/aromatic N) is 5. The van der Waals surface area contributed by atoms with Crippen LogP contribution in [-0.2, 0) is 0 Å². The van der Waals surface area contributed by atoms with Crippen LogP contribution in [0.5, 0.6) is 0 Å². The molecule has 1 fully saturated rings. The van der Waals surface area contributed by atoms with Gasteiger partial charge in [-0.25, -0.2) is 13.9 Å². The van der Waals surface area contributed by atoms with Gasteiger partial charge in [0.1, 0.15) is 17.2 Å². The molecule has 2 bridgehead atoms. The van der Waals surface area contributed by atoms with E-state index in [9.17, 15) is 9.18 Å². The van der Waals surface area contributed by atoms with Gasteiger partial charge in [-0.3, -0.25) is 9.79 Å². The maximum atomic E-state index is 14.3. The average molecular weight is 396 g/mol. The number of rotatable bonds is 2. The number of allylic oxidation sites excluding steroid dienone is 2. The summed E-state index contributed by atoms with van der Waals surface area (Å²) in [6.07, 6.45) is 10.4. The molecule has 0 aliphatic carbocycles. The Morgan fingerprint density at radius 3 is 3.10 bits per heavy atom. The smallest absolute Gasteiger partial charge is 0.256 e. The van der Waals surface area contributed by atoms with Crippen molar-refractivity contribution in [3.63, 3.8) is 0 Å². The van der Waals surface area contributed by atoms with E-state index in [-0.39, 0.29) is 18.0 Å². The molecule has 4 rings (SSSR count). The summed E-state index contributed by atoms with van der Waals surface area (Å²) in [6.45, 7) is 6.15. The van der Waals surface area contributed by atoms with Gasteiger partial charge in [0.15, 0.2) is 5.65 Å². The summed E-state index contributed by atoms with van der Waals surface area (Å²) in [5.41, 5.74) is 2.02. The van der Waals surface area contributed by atoms with E-state index in [4.69, 9.17) is 4.98 Å². The number of carbonyl (C=O) groups excluding carboxylic acids is 1. The first kappa shape index (κ1) is 19.3. The fraction of sp³-hybridized carbons (Fsp3) is 0.429. The molecule has 4 heterocycles. The Hall–Kier alpha value is -3.03. The van der Waals surface area contributed by atoms with Gasteiger partial charge in [-0.15, -0.1) is 0 Å². The highest BCUT2D eigenvalue weighted by Crippen LogP contribution is 2.32. The molecule has 2 aliphatic heterocycles. The third-order valence-corrected chi connectivity index (χ3v) is 5.59. The zero-order valence-electron chi connectivity index (χ0n) is 16.5. The monoisotopic (exact) mass is 396 g/mol. The quantitative estimate of drug-likeness (QED) is 0.789. The van der Waals surface area contributed by atoms with Gasteiger partial charge >= 0.3 is 0 Å². The third-order valence-electron chi connectivity index (χ3n) is 5.59. The predicted molar refractivity (Wildman–Crippen MR) is 111 cm³/mol. The maximum Gasteiger partial charge on any atom is 0.256 e. The molecule has 7 nitrogen and oxygen atoms in total. The Kier molecular flexibility index (Phi) is 5.42. The van der Waals surface area contributed by atoms with Gasteiger partial charge in [0, 0.05) is 18.8 Å². The molecule has 0 saturated carbocycles. The Bertz CT molecular complexity index is 994. The molecule has 1 saturated heterocycles. The SMILES string of the molecule is C=N/C=C(F)\C=C1/CCC[C@@H](C)NC(=O)c2cnn3ccc(nc23)N2CCC[C@H]12. The lowest BCUT2D eigenvalue weighted by Crippen LogP contribution is -2.32. The van der Waals surface area contributed by atoms with Crippen LogP contribution in [0.25, 0.3) is 5.65 Å². The molecule has 0 spiro atoms. The molecular weight excluding hydrogens is 371 g/mol. The van der Waals surface area contributed by atoms with Crippen molar-refractivity contribution in [3.8, 4) is 0 Å². The van der Waals surface area contributed by atoms with Crippen LogP contribution in [0.3, 0.4) is 0 Å². The Morgan fingerprint density at radius 1 is 1.41 bits per heavy atom. The molecule has 2 aromatic rings. The Balaban J connectivity index is 1.80. The molecule has 29 heavy (non-hydrogen) atoms. The number of hydrogen-bond donors (Lipinski definition) is 1. The molecule has 1 N–H and O–H groups in total. The first-order chi connectivity index (χ1) is 14.1. The summed E-state index contributed by atoms with van der Waals surface area (Å²) < 4.78 is 15.9. The Morgan fingerprint density at radius 2 is 2.28 bits per heavy atom. The first-order valence-corrected chi connectivity index (χ1v) is 10.0. The molecule has 0 aromatic carbocycles. The van der Waals surface area contributed by atoms with E-state index in [1.807, 2.05) is 19.2 Å². The van der Waals surface area contributed by atoms with E-state index in [0.29, 0.717) is 11.2 Å². The summed E-state index contributed by atoms with van der Waals surface area (Å²) in [4.78, 5) is 23.2. The number of hydrogen-bond acceptors (Lipinski definition) is 5. The van der Waals surface area contributed by atoms with Crippen LogP contribution < -0.4 is 10.2 Å². The molecule has 0 radical (unpaired) electrons. The van der Waals surface area contributed by atoms with Crippen molar-refractivity contribution in [2.75, 3.05) is 11.4 Å². The number of fused-ring (bicyclic) bond motifs is 3. The van der Waals surface area contributed by atoms with E-state index in [1.165, 1.54) is 0 Å². The number of carbonyl (C=O) groups is 1. The van der Waals surface area contributed by atoms with Gasteiger partial charge in [-0.1, -0.05) is 0 Å². The molecule has 1 amide bonds. The van der Waals surface area contributed by atoms with Crippen molar-refractivity contribution in [1.82, 2.24) is 19.9 Å². The predicted octanol–water partition coefficient (Wildman–Crippen LogP) is 3.44. The number of amides is 1. The summed E-state index contributed by atoms with van der Waals surface area (Å²) in [6, 6.07) is 1.97. The number of nitrogens with one attached hydrogen (secondary N) is 1. The van der Waals surface area contributed by atoms with E-state index in [1.54, 1.807) is 16.8 Å². The van der Waals surface area contributed by atoms with E-state index in [0.717, 1.165) is 56.2 Å². The fourth-order valence-corrected chi connectivity index (χ4v) is 4.23.